The van der Waals surface area contributed by atoms with Crippen LogP contribution < -0.4 is 21.3 Å². The van der Waals surface area contributed by atoms with Crippen LogP contribution in [0.1, 0.15) is 22.5 Å². The van der Waals surface area contributed by atoms with Crippen LogP contribution in [0.5, 0.6) is 0 Å². The van der Waals surface area contributed by atoms with Crippen LogP contribution in [-0.2, 0) is 0 Å². The Hall–Kier alpha value is -3.87. The summed E-state index contributed by atoms with van der Waals surface area (Å²) < 4.78 is 0. The highest BCUT2D eigenvalue weighted by molar-refractivity contribution is 6.02. The summed E-state index contributed by atoms with van der Waals surface area (Å²) in [5.74, 6) is 0. The molecule has 0 aliphatic heterocycles. The minimum absolute atomic E-state index is 0.385. The van der Waals surface area contributed by atoms with Gasteiger partial charge >= 0.3 is 12.1 Å². The van der Waals surface area contributed by atoms with E-state index in [0.717, 1.165) is 11.1 Å². The zero-order chi connectivity index (χ0) is 21.7. The summed E-state index contributed by atoms with van der Waals surface area (Å²) in [6, 6.07) is 16.0. The Morgan fingerprint density at radius 1 is 0.633 bits per heavy atom. The number of urea groups is 2. The van der Waals surface area contributed by atoms with Gasteiger partial charge in [0.15, 0.2) is 0 Å². The number of carbonyl (C=O) groups is 2. The molecular formula is C23H25N5O2. The normalized spacial score (nSPS) is 10.3. The van der Waals surface area contributed by atoms with Gasteiger partial charge in [0, 0.05) is 11.4 Å². The molecule has 0 bridgehead atoms. The molecule has 3 aromatic rings. The van der Waals surface area contributed by atoms with Gasteiger partial charge in [0.1, 0.15) is 0 Å². The molecule has 4 N–H and O–H groups in total. The number of amides is 4. The number of aromatic nitrogens is 1. The van der Waals surface area contributed by atoms with Crippen molar-refractivity contribution in [3.8, 4) is 0 Å². The third-order valence-corrected chi connectivity index (χ3v) is 4.45. The molecule has 0 aliphatic rings. The van der Waals surface area contributed by atoms with Crippen molar-refractivity contribution in [2.45, 2.75) is 27.7 Å². The van der Waals surface area contributed by atoms with Gasteiger partial charge in [-0.3, -0.25) is 4.98 Å². The first-order chi connectivity index (χ1) is 14.3. The molecule has 7 nitrogen and oxygen atoms in total. The number of hydrogen-bond donors (Lipinski definition) is 4. The fourth-order valence-corrected chi connectivity index (χ4v) is 2.99. The Bertz CT molecular complexity index is 1010. The Balaban J connectivity index is 1.70. The molecule has 0 atom stereocenters. The lowest BCUT2D eigenvalue weighted by Crippen LogP contribution is -2.22. The van der Waals surface area contributed by atoms with Gasteiger partial charge in [0.25, 0.3) is 0 Å². The Kier molecular flexibility index (Phi) is 6.32. The van der Waals surface area contributed by atoms with Gasteiger partial charge in [-0.15, -0.1) is 0 Å². The van der Waals surface area contributed by atoms with Crippen LogP contribution >= 0.6 is 0 Å². The average molecular weight is 403 g/mol. The molecule has 0 spiro atoms. The predicted molar refractivity (Wildman–Crippen MR) is 121 cm³/mol. The molecule has 154 valence electrons. The van der Waals surface area contributed by atoms with Gasteiger partial charge in [-0.2, -0.15) is 0 Å². The molecule has 0 saturated heterocycles. The van der Waals surface area contributed by atoms with Crippen molar-refractivity contribution in [2.24, 2.45) is 0 Å². The van der Waals surface area contributed by atoms with Crippen molar-refractivity contribution in [3.05, 3.63) is 77.1 Å². The monoisotopic (exact) mass is 403 g/mol. The number of pyridine rings is 1. The minimum atomic E-state index is -0.385. The molecule has 30 heavy (non-hydrogen) atoms. The van der Waals surface area contributed by atoms with Crippen LogP contribution in [0.2, 0.25) is 0 Å². The summed E-state index contributed by atoms with van der Waals surface area (Å²) in [5.41, 5.74) is 5.81. The van der Waals surface area contributed by atoms with Crippen LogP contribution in [-0.4, -0.2) is 17.0 Å². The smallest absolute Gasteiger partial charge is 0.308 e. The summed E-state index contributed by atoms with van der Waals surface area (Å²) in [4.78, 5) is 29.2. The standard InChI is InChI=1S/C23H25N5O2/c1-14-7-5-9-18(11-14)25-22(29)27-20-13-21(17(4)24-16(20)3)28-23(30)26-19-10-6-8-15(2)12-19/h5-13H,1-4H3,(H2,25,27,29)(H2,26,28,30). The van der Waals surface area contributed by atoms with E-state index in [4.69, 9.17) is 0 Å². The van der Waals surface area contributed by atoms with E-state index < -0.39 is 0 Å². The zero-order valence-electron chi connectivity index (χ0n) is 17.5. The number of anilines is 4. The first kappa shape index (κ1) is 20.9. The van der Waals surface area contributed by atoms with Gasteiger partial charge in [0.2, 0.25) is 0 Å². The molecule has 3 rings (SSSR count). The fraction of sp³-hybridized carbons (Fsp3) is 0.174. The molecule has 1 aromatic heterocycles. The lowest BCUT2D eigenvalue weighted by atomic mass is 10.2. The van der Waals surface area contributed by atoms with Crippen LogP contribution in [0, 0.1) is 27.7 Å². The first-order valence-corrected chi connectivity index (χ1v) is 9.58. The molecule has 0 unspecified atom stereocenters. The summed E-state index contributed by atoms with van der Waals surface area (Å²) >= 11 is 0. The van der Waals surface area contributed by atoms with Gasteiger partial charge < -0.3 is 21.3 Å². The second-order valence-electron chi connectivity index (χ2n) is 7.15. The second-order valence-corrected chi connectivity index (χ2v) is 7.15. The molecule has 0 saturated carbocycles. The predicted octanol–water partition coefficient (Wildman–Crippen LogP) is 5.60. The van der Waals surface area contributed by atoms with Crippen LogP contribution in [0.25, 0.3) is 0 Å². The third-order valence-electron chi connectivity index (χ3n) is 4.45. The van der Waals surface area contributed by atoms with Crippen LogP contribution in [0.3, 0.4) is 0 Å². The van der Waals surface area contributed by atoms with Crippen molar-refractivity contribution >= 4 is 34.8 Å². The summed E-state index contributed by atoms with van der Waals surface area (Å²) in [6.07, 6.45) is 0. The van der Waals surface area contributed by atoms with E-state index >= 15 is 0 Å². The molecule has 0 radical (unpaired) electrons. The number of nitrogens with one attached hydrogen (secondary N) is 4. The highest BCUT2D eigenvalue weighted by Crippen LogP contribution is 2.22. The molecule has 4 amide bonds. The summed E-state index contributed by atoms with van der Waals surface area (Å²) in [5, 5.41) is 11.2. The van der Waals surface area contributed by atoms with Crippen molar-refractivity contribution < 1.29 is 9.59 Å². The number of carbonyl (C=O) groups excluding carboxylic acids is 2. The van der Waals surface area contributed by atoms with Crippen molar-refractivity contribution in [1.29, 1.82) is 0 Å². The highest BCUT2D eigenvalue weighted by Gasteiger charge is 2.12. The van der Waals surface area contributed by atoms with Crippen molar-refractivity contribution in [1.82, 2.24) is 4.98 Å². The van der Waals surface area contributed by atoms with E-state index in [2.05, 4.69) is 26.3 Å². The summed E-state index contributed by atoms with van der Waals surface area (Å²) in [6.45, 7) is 7.51. The lowest BCUT2D eigenvalue weighted by molar-refractivity contribution is 0.261. The van der Waals surface area contributed by atoms with Gasteiger partial charge in [-0.05, 0) is 69.2 Å². The average Bonchev–Trinajstić information content (AvgIpc) is 2.65. The van der Waals surface area contributed by atoms with E-state index in [9.17, 15) is 9.59 Å². The molecule has 2 aromatic carbocycles. The van der Waals surface area contributed by atoms with E-state index in [1.54, 1.807) is 19.9 Å². The van der Waals surface area contributed by atoms with E-state index in [0.29, 0.717) is 34.1 Å². The maximum Gasteiger partial charge on any atom is 0.323 e. The SMILES string of the molecule is Cc1cccc(NC(=O)Nc2cc(NC(=O)Nc3cccc(C)c3)c(C)nc2C)c1. The van der Waals surface area contributed by atoms with E-state index in [-0.39, 0.29) is 12.1 Å². The minimum Gasteiger partial charge on any atom is -0.308 e. The Labute approximate surface area is 175 Å². The highest BCUT2D eigenvalue weighted by atomic mass is 16.2. The molecule has 0 aliphatic carbocycles. The van der Waals surface area contributed by atoms with Gasteiger partial charge in [-0.1, -0.05) is 24.3 Å². The van der Waals surface area contributed by atoms with E-state index in [1.807, 2.05) is 62.4 Å². The number of benzene rings is 2. The summed E-state index contributed by atoms with van der Waals surface area (Å²) in [7, 11) is 0. The molecule has 1 heterocycles. The third kappa shape index (κ3) is 5.57. The number of aryl methyl sites for hydroxylation is 4. The number of rotatable bonds is 4. The molecule has 7 heteroatoms. The van der Waals surface area contributed by atoms with Crippen molar-refractivity contribution in [3.63, 3.8) is 0 Å². The van der Waals surface area contributed by atoms with Crippen LogP contribution in [0.15, 0.2) is 54.6 Å². The number of nitrogens with zero attached hydrogens (tertiary/aromatic N) is 1. The fourth-order valence-electron chi connectivity index (χ4n) is 2.99. The zero-order valence-corrected chi connectivity index (χ0v) is 17.5. The topological polar surface area (TPSA) is 95.2 Å². The van der Waals surface area contributed by atoms with Gasteiger partial charge in [-0.25, -0.2) is 9.59 Å². The van der Waals surface area contributed by atoms with Gasteiger partial charge in [0.05, 0.1) is 22.8 Å². The molecule has 0 fully saturated rings. The Morgan fingerprint density at radius 2 is 1.07 bits per heavy atom. The van der Waals surface area contributed by atoms with Crippen LogP contribution in [0.4, 0.5) is 32.3 Å². The Morgan fingerprint density at radius 3 is 1.47 bits per heavy atom. The quantitative estimate of drug-likeness (QED) is 0.456. The maximum atomic E-state index is 12.4. The largest absolute Gasteiger partial charge is 0.323 e. The van der Waals surface area contributed by atoms with E-state index in [1.165, 1.54) is 0 Å². The lowest BCUT2D eigenvalue weighted by Gasteiger charge is -2.14. The number of hydrogen-bond acceptors (Lipinski definition) is 3. The molecular weight excluding hydrogens is 378 g/mol. The maximum absolute atomic E-state index is 12.4. The van der Waals surface area contributed by atoms with Crippen molar-refractivity contribution in [2.75, 3.05) is 21.3 Å². The second kappa shape index (κ2) is 9.09. The first-order valence-electron chi connectivity index (χ1n) is 9.58.